The van der Waals surface area contributed by atoms with Gasteiger partial charge >= 0.3 is 6.18 Å². The van der Waals surface area contributed by atoms with E-state index in [0.717, 1.165) is 16.0 Å². The Hall–Kier alpha value is -2.37. The lowest BCUT2D eigenvalue weighted by atomic mass is 10.0. The third-order valence-electron chi connectivity index (χ3n) is 4.92. The maximum Gasteiger partial charge on any atom is 0.409 e. The minimum Gasteiger partial charge on any atom is -0.384 e. The van der Waals surface area contributed by atoms with Crippen molar-refractivity contribution in [1.82, 2.24) is 0 Å². The number of aliphatic hydroxyl groups excluding tert-OH is 1. The van der Waals surface area contributed by atoms with Crippen LogP contribution in [-0.4, -0.2) is 19.4 Å². The Morgan fingerprint density at radius 1 is 0.889 bits per heavy atom. The molecule has 1 N–H and O–H groups in total. The maximum atomic E-state index is 13.3. The first kappa shape index (κ1) is 19.4. The Morgan fingerprint density at radius 3 is 2.11 bits per heavy atom. The molecule has 0 aliphatic heterocycles. The van der Waals surface area contributed by atoms with Crippen LogP contribution in [0.3, 0.4) is 0 Å². The zero-order valence-corrected chi connectivity index (χ0v) is 16.2. The summed E-state index contributed by atoms with van der Waals surface area (Å²) in [6, 6.07) is 22.0. The van der Waals surface area contributed by atoms with Crippen LogP contribution >= 0.6 is 0 Å². The summed E-state index contributed by atoms with van der Waals surface area (Å²) >= 11 is 0. The third kappa shape index (κ3) is 4.31. The first-order valence-corrected chi connectivity index (χ1v) is 11.7. The quantitative estimate of drug-likeness (QED) is 0.586. The molecule has 0 aliphatic rings. The molecule has 140 valence electrons. The van der Waals surface area contributed by atoms with Gasteiger partial charge in [0.25, 0.3) is 0 Å². The second-order valence-corrected chi connectivity index (χ2v) is 11.5. The van der Waals surface area contributed by atoms with Crippen LogP contribution in [-0.2, 0) is 0 Å². The molecule has 0 saturated carbocycles. The topological polar surface area (TPSA) is 20.2 Å². The predicted molar refractivity (Wildman–Crippen MR) is 107 cm³/mol. The van der Waals surface area contributed by atoms with Gasteiger partial charge in [-0.1, -0.05) is 85.0 Å². The van der Waals surface area contributed by atoms with E-state index in [1.165, 1.54) is 0 Å². The molecular weight excluding hydrogens is 365 g/mol. The summed E-state index contributed by atoms with van der Waals surface area (Å²) in [4.78, 5) is 0. The summed E-state index contributed by atoms with van der Waals surface area (Å²) in [7, 11) is -2.74. The molecule has 0 spiro atoms. The fourth-order valence-electron chi connectivity index (χ4n) is 3.36. The van der Waals surface area contributed by atoms with Crippen molar-refractivity contribution in [3.8, 4) is 0 Å². The van der Waals surface area contributed by atoms with Gasteiger partial charge in [-0.3, -0.25) is 0 Å². The van der Waals surface area contributed by atoms with Crippen LogP contribution in [0.2, 0.25) is 13.1 Å². The van der Waals surface area contributed by atoms with E-state index in [4.69, 9.17) is 0 Å². The van der Waals surface area contributed by atoms with Crippen molar-refractivity contribution >= 4 is 24.0 Å². The summed E-state index contributed by atoms with van der Waals surface area (Å²) in [5, 5.41) is 13.7. The largest absolute Gasteiger partial charge is 0.409 e. The van der Waals surface area contributed by atoms with Crippen LogP contribution in [0, 0.1) is 0 Å². The van der Waals surface area contributed by atoms with Gasteiger partial charge in [-0.2, -0.15) is 13.2 Å². The summed E-state index contributed by atoms with van der Waals surface area (Å²) in [5.74, 6) is 0. The molecule has 1 nitrogen and oxygen atoms in total. The predicted octanol–water partition coefficient (Wildman–Crippen LogP) is 5.52. The summed E-state index contributed by atoms with van der Waals surface area (Å²) in [6.07, 6.45) is -5.50. The molecule has 0 aromatic heterocycles. The van der Waals surface area contributed by atoms with Crippen LogP contribution in [0.15, 0.2) is 84.1 Å². The Morgan fingerprint density at radius 2 is 1.48 bits per heavy atom. The normalized spacial score (nSPS) is 14.4. The second kappa shape index (κ2) is 7.33. The number of benzene rings is 3. The average molecular weight is 386 g/mol. The Bertz CT molecular complexity index is 962. The average Bonchev–Trinajstić information content (AvgIpc) is 2.65. The molecular formula is C22H21F3OSi. The Balaban J connectivity index is 2.11. The van der Waals surface area contributed by atoms with E-state index in [1.807, 2.05) is 73.8 Å². The Labute approximate surface area is 157 Å². The lowest BCUT2D eigenvalue weighted by Crippen LogP contribution is -2.46. The van der Waals surface area contributed by atoms with Gasteiger partial charge in [-0.05, 0) is 27.6 Å². The lowest BCUT2D eigenvalue weighted by Gasteiger charge is -2.31. The van der Waals surface area contributed by atoms with Gasteiger partial charge in [-0.25, -0.2) is 0 Å². The summed E-state index contributed by atoms with van der Waals surface area (Å²) in [5.41, 5.74) is 0.473. The molecule has 0 radical (unpaired) electrons. The highest BCUT2D eigenvalue weighted by Crippen LogP contribution is 2.34. The zero-order chi connectivity index (χ0) is 19.7. The zero-order valence-electron chi connectivity index (χ0n) is 15.2. The fourth-order valence-corrected chi connectivity index (χ4v) is 6.09. The number of fused-ring (bicyclic) bond motifs is 1. The molecule has 3 rings (SSSR count). The van der Waals surface area contributed by atoms with Gasteiger partial charge in [-0.15, -0.1) is 0 Å². The van der Waals surface area contributed by atoms with Gasteiger partial charge in [0.1, 0.15) is 8.07 Å². The molecule has 27 heavy (non-hydrogen) atoms. The highest BCUT2D eigenvalue weighted by molar-refractivity contribution is 6.95. The van der Waals surface area contributed by atoms with Crippen molar-refractivity contribution in [2.24, 2.45) is 0 Å². The molecule has 0 bridgehead atoms. The van der Waals surface area contributed by atoms with E-state index >= 15 is 0 Å². The van der Waals surface area contributed by atoms with Crippen molar-refractivity contribution in [1.29, 1.82) is 0 Å². The van der Waals surface area contributed by atoms with Gasteiger partial charge in [0, 0.05) is 6.08 Å². The van der Waals surface area contributed by atoms with Crippen molar-refractivity contribution < 1.29 is 18.3 Å². The van der Waals surface area contributed by atoms with E-state index in [0.29, 0.717) is 11.6 Å². The van der Waals surface area contributed by atoms with Gasteiger partial charge < -0.3 is 5.11 Å². The summed E-state index contributed by atoms with van der Waals surface area (Å²) < 4.78 is 39.9. The van der Waals surface area contributed by atoms with Crippen LogP contribution in [0.1, 0.15) is 11.7 Å². The monoisotopic (exact) mass is 386 g/mol. The molecule has 5 heteroatoms. The smallest absolute Gasteiger partial charge is 0.384 e. The SMILES string of the molecule is C[Si](C)(/C(=C\C(F)(F)F)C(O)c1ccc2ccccc2c1)c1ccccc1. The molecule has 1 atom stereocenters. The summed E-state index contributed by atoms with van der Waals surface area (Å²) in [6.45, 7) is 3.67. The minimum absolute atomic E-state index is 0.0523. The molecule has 0 heterocycles. The first-order valence-electron chi connectivity index (χ1n) is 8.71. The second-order valence-electron chi connectivity index (χ2n) is 7.14. The number of hydrogen-bond acceptors (Lipinski definition) is 1. The van der Waals surface area contributed by atoms with E-state index in [2.05, 4.69) is 0 Å². The number of alkyl halides is 3. The standard InChI is InChI=1S/C22H21F3OSi/c1-27(2,19-10-4-3-5-11-19)20(15-22(23,24)25)21(26)18-13-12-16-8-6-7-9-17(16)14-18/h3-15,21,26H,1-2H3/b20-15-. The minimum atomic E-state index is -4.49. The number of hydrogen-bond donors (Lipinski definition) is 1. The Kier molecular flexibility index (Phi) is 5.26. The van der Waals surface area contributed by atoms with Crippen LogP contribution in [0.4, 0.5) is 13.2 Å². The first-order chi connectivity index (χ1) is 12.7. The number of allylic oxidation sites excluding steroid dienone is 1. The van der Waals surface area contributed by atoms with E-state index in [-0.39, 0.29) is 5.20 Å². The van der Waals surface area contributed by atoms with Crippen molar-refractivity contribution in [2.45, 2.75) is 25.4 Å². The van der Waals surface area contributed by atoms with Crippen molar-refractivity contribution in [3.63, 3.8) is 0 Å². The van der Waals surface area contributed by atoms with Gasteiger partial charge in [0.15, 0.2) is 0 Å². The highest BCUT2D eigenvalue weighted by Gasteiger charge is 2.37. The molecule has 0 fully saturated rings. The molecule has 1 unspecified atom stereocenters. The van der Waals surface area contributed by atoms with Gasteiger partial charge in [0.2, 0.25) is 0 Å². The lowest BCUT2D eigenvalue weighted by molar-refractivity contribution is -0.0809. The van der Waals surface area contributed by atoms with E-state index < -0.39 is 20.4 Å². The third-order valence-corrected chi connectivity index (χ3v) is 8.56. The molecule has 3 aromatic carbocycles. The van der Waals surface area contributed by atoms with E-state index in [9.17, 15) is 18.3 Å². The highest BCUT2D eigenvalue weighted by atomic mass is 28.3. The molecule has 3 aromatic rings. The number of halogens is 3. The fraction of sp³-hybridized carbons (Fsp3) is 0.182. The number of aliphatic hydroxyl groups is 1. The van der Waals surface area contributed by atoms with Crippen molar-refractivity contribution in [2.75, 3.05) is 0 Å². The maximum absolute atomic E-state index is 13.3. The molecule has 0 aliphatic carbocycles. The van der Waals surface area contributed by atoms with Crippen LogP contribution in [0.5, 0.6) is 0 Å². The van der Waals surface area contributed by atoms with Crippen LogP contribution in [0.25, 0.3) is 10.8 Å². The van der Waals surface area contributed by atoms with Gasteiger partial charge in [0.05, 0.1) is 6.10 Å². The van der Waals surface area contributed by atoms with Crippen molar-refractivity contribution in [3.05, 3.63) is 89.6 Å². The molecule has 0 amide bonds. The van der Waals surface area contributed by atoms with Crippen LogP contribution < -0.4 is 5.19 Å². The molecule has 0 saturated heterocycles. The number of rotatable bonds is 4. The van der Waals surface area contributed by atoms with E-state index in [1.54, 1.807) is 12.1 Å².